The minimum absolute atomic E-state index is 0.0817. The zero-order valence-corrected chi connectivity index (χ0v) is 9.51. The standard InChI is InChI=1S/C12H17NO3/c1-12(2,8-16-11(13)15)10(14)9-6-4-3-5-7-9/h3-7,10,14H,8H2,1-2H3,(H2,13,15)/t10-/m1/s1. The number of primary amides is 1. The number of carbonyl (C=O) groups is 1. The van der Waals surface area contributed by atoms with Gasteiger partial charge in [0.25, 0.3) is 0 Å². The van der Waals surface area contributed by atoms with Gasteiger partial charge in [-0.3, -0.25) is 0 Å². The van der Waals surface area contributed by atoms with Crippen molar-refractivity contribution in [3.63, 3.8) is 0 Å². The third-order valence-corrected chi connectivity index (χ3v) is 2.44. The van der Waals surface area contributed by atoms with Gasteiger partial charge in [-0.05, 0) is 5.56 Å². The molecule has 0 aliphatic rings. The summed E-state index contributed by atoms with van der Waals surface area (Å²) in [6.45, 7) is 3.71. The van der Waals surface area contributed by atoms with E-state index in [-0.39, 0.29) is 6.61 Å². The molecular formula is C12H17NO3. The van der Waals surface area contributed by atoms with E-state index in [1.807, 2.05) is 44.2 Å². The second-order valence-electron chi connectivity index (χ2n) is 4.41. The first-order valence-corrected chi connectivity index (χ1v) is 5.09. The number of aliphatic hydroxyl groups is 1. The normalized spacial score (nSPS) is 13.2. The summed E-state index contributed by atoms with van der Waals surface area (Å²) in [6, 6.07) is 9.24. The van der Waals surface area contributed by atoms with Gasteiger partial charge in [0.1, 0.15) is 6.61 Å². The van der Waals surface area contributed by atoms with E-state index in [0.29, 0.717) is 0 Å². The van der Waals surface area contributed by atoms with Crippen molar-refractivity contribution in [2.45, 2.75) is 20.0 Å². The average Bonchev–Trinajstić information content (AvgIpc) is 2.27. The fourth-order valence-corrected chi connectivity index (χ4v) is 1.42. The van der Waals surface area contributed by atoms with Gasteiger partial charge in [0.15, 0.2) is 0 Å². The molecule has 16 heavy (non-hydrogen) atoms. The highest BCUT2D eigenvalue weighted by atomic mass is 16.5. The van der Waals surface area contributed by atoms with Gasteiger partial charge in [-0.15, -0.1) is 0 Å². The van der Waals surface area contributed by atoms with Crippen LogP contribution in [0.1, 0.15) is 25.5 Å². The van der Waals surface area contributed by atoms with Gasteiger partial charge in [0.2, 0.25) is 0 Å². The second kappa shape index (κ2) is 4.99. The van der Waals surface area contributed by atoms with Crippen molar-refractivity contribution in [1.82, 2.24) is 0 Å². The maximum atomic E-state index is 10.5. The first kappa shape index (κ1) is 12.5. The molecule has 1 aromatic rings. The number of benzene rings is 1. The molecule has 0 aromatic heterocycles. The van der Waals surface area contributed by atoms with E-state index in [2.05, 4.69) is 0 Å². The summed E-state index contributed by atoms with van der Waals surface area (Å²) in [7, 11) is 0. The van der Waals surface area contributed by atoms with Crippen molar-refractivity contribution in [3.05, 3.63) is 35.9 Å². The van der Waals surface area contributed by atoms with Crippen LogP contribution < -0.4 is 5.73 Å². The molecule has 0 bridgehead atoms. The number of amides is 1. The third kappa shape index (κ3) is 3.24. The number of nitrogens with two attached hydrogens (primary N) is 1. The van der Waals surface area contributed by atoms with Crippen LogP contribution in [0, 0.1) is 5.41 Å². The highest BCUT2D eigenvalue weighted by Crippen LogP contribution is 2.33. The number of ether oxygens (including phenoxy) is 1. The predicted octanol–water partition coefficient (Wildman–Crippen LogP) is 1.84. The molecule has 0 aliphatic heterocycles. The van der Waals surface area contributed by atoms with Crippen LogP contribution >= 0.6 is 0 Å². The van der Waals surface area contributed by atoms with Crippen LogP contribution in [0.25, 0.3) is 0 Å². The summed E-state index contributed by atoms with van der Waals surface area (Å²) in [5.41, 5.74) is 5.11. The first-order chi connectivity index (χ1) is 7.43. The molecule has 0 aliphatic carbocycles. The molecule has 1 amide bonds. The molecule has 0 radical (unpaired) electrons. The number of hydrogen-bond acceptors (Lipinski definition) is 3. The highest BCUT2D eigenvalue weighted by molar-refractivity contribution is 5.64. The number of carbonyl (C=O) groups excluding carboxylic acids is 1. The van der Waals surface area contributed by atoms with E-state index in [0.717, 1.165) is 5.56 Å². The largest absolute Gasteiger partial charge is 0.449 e. The fourth-order valence-electron chi connectivity index (χ4n) is 1.42. The molecule has 1 atom stereocenters. The first-order valence-electron chi connectivity index (χ1n) is 5.09. The molecule has 88 valence electrons. The van der Waals surface area contributed by atoms with Crippen LogP contribution in [0.15, 0.2) is 30.3 Å². The average molecular weight is 223 g/mol. The predicted molar refractivity (Wildman–Crippen MR) is 60.7 cm³/mol. The van der Waals surface area contributed by atoms with Crippen LogP contribution in [0.3, 0.4) is 0 Å². The monoisotopic (exact) mass is 223 g/mol. The van der Waals surface area contributed by atoms with Crippen molar-refractivity contribution in [2.75, 3.05) is 6.61 Å². The summed E-state index contributed by atoms with van der Waals surface area (Å²) < 4.78 is 4.73. The van der Waals surface area contributed by atoms with Crippen molar-refractivity contribution in [1.29, 1.82) is 0 Å². The Morgan fingerprint density at radius 1 is 1.44 bits per heavy atom. The Kier molecular flexibility index (Phi) is 3.90. The van der Waals surface area contributed by atoms with E-state index >= 15 is 0 Å². The van der Waals surface area contributed by atoms with Crippen LogP contribution in [-0.2, 0) is 4.74 Å². The number of rotatable bonds is 4. The molecule has 4 heteroatoms. The molecule has 0 spiro atoms. The zero-order valence-electron chi connectivity index (χ0n) is 9.51. The molecule has 1 rings (SSSR count). The lowest BCUT2D eigenvalue weighted by molar-refractivity contribution is 0.000343. The van der Waals surface area contributed by atoms with E-state index in [4.69, 9.17) is 10.5 Å². The quantitative estimate of drug-likeness (QED) is 0.818. The molecule has 3 N–H and O–H groups in total. The van der Waals surface area contributed by atoms with Gasteiger partial charge >= 0.3 is 6.09 Å². The zero-order chi connectivity index (χ0) is 12.2. The Balaban J connectivity index is 2.72. The van der Waals surface area contributed by atoms with E-state index in [1.165, 1.54) is 0 Å². The van der Waals surface area contributed by atoms with E-state index in [9.17, 15) is 9.90 Å². The van der Waals surface area contributed by atoms with Gasteiger partial charge in [0.05, 0.1) is 6.10 Å². The lowest BCUT2D eigenvalue weighted by Crippen LogP contribution is -2.30. The number of aliphatic hydroxyl groups excluding tert-OH is 1. The van der Waals surface area contributed by atoms with Gasteiger partial charge < -0.3 is 15.6 Å². The van der Waals surface area contributed by atoms with Crippen molar-refractivity contribution < 1.29 is 14.6 Å². The molecule has 0 fully saturated rings. The van der Waals surface area contributed by atoms with Crippen LogP contribution in [-0.4, -0.2) is 17.8 Å². The lowest BCUT2D eigenvalue weighted by atomic mass is 9.83. The maximum absolute atomic E-state index is 10.5. The molecule has 1 aromatic carbocycles. The Hall–Kier alpha value is -1.55. The SMILES string of the molecule is CC(C)(COC(N)=O)[C@H](O)c1ccccc1. The van der Waals surface area contributed by atoms with Gasteiger partial charge in [-0.1, -0.05) is 44.2 Å². The van der Waals surface area contributed by atoms with E-state index < -0.39 is 17.6 Å². The highest BCUT2D eigenvalue weighted by Gasteiger charge is 2.30. The fraction of sp³-hybridized carbons (Fsp3) is 0.417. The van der Waals surface area contributed by atoms with Crippen LogP contribution in [0.4, 0.5) is 4.79 Å². The number of hydrogen-bond donors (Lipinski definition) is 2. The van der Waals surface area contributed by atoms with Crippen molar-refractivity contribution >= 4 is 6.09 Å². The van der Waals surface area contributed by atoms with E-state index in [1.54, 1.807) is 0 Å². The molecular weight excluding hydrogens is 206 g/mol. The summed E-state index contributed by atoms with van der Waals surface area (Å²) in [4.78, 5) is 10.5. The summed E-state index contributed by atoms with van der Waals surface area (Å²) >= 11 is 0. The summed E-state index contributed by atoms with van der Waals surface area (Å²) in [6.07, 6.45) is -1.53. The van der Waals surface area contributed by atoms with Crippen LogP contribution in [0.5, 0.6) is 0 Å². The van der Waals surface area contributed by atoms with Crippen molar-refractivity contribution in [2.24, 2.45) is 11.1 Å². The van der Waals surface area contributed by atoms with Crippen molar-refractivity contribution in [3.8, 4) is 0 Å². The molecule has 0 saturated carbocycles. The Bertz CT molecular complexity index is 349. The molecule has 0 saturated heterocycles. The lowest BCUT2D eigenvalue weighted by Gasteiger charge is -2.29. The Morgan fingerprint density at radius 2 is 2.00 bits per heavy atom. The smallest absolute Gasteiger partial charge is 0.404 e. The topological polar surface area (TPSA) is 72.5 Å². The third-order valence-electron chi connectivity index (χ3n) is 2.44. The van der Waals surface area contributed by atoms with Crippen LogP contribution in [0.2, 0.25) is 0 Å². The summed E-state index contributed by atoms with van der Waals surface area (Å²) in [5.74, 6) is 0. The van der Waals surface area contributed by atoms with Gasteiger partial charge in [-0.25, -0.2) is 4.79 Å². The van der Waals surface area contributed by atoms with Gasteiger partial charge in [-0.2, -0.15) is 0 Å². The minimum atomic E-state index is -0.826. The Labute approximate surface area is 95.0 Å². The molecule has 0 unspecified atom stereocenters. The molecule has 4 nitrogen and oxygen atoms in total. The minimum Gasteiger partial charge on any atom is -0.449 e. The second-order valence-corrected chi connectivity index (χ2v) is 4.41. The molecule has 0 heterocycles. The van der Waals surface area contributed by atoms with Gasteiger partial charge in [0, 0.05) is 5.41 Å². The Morgan fingerprint density at radius 3 is 2.50 bits per heavy atom. The maximum Gasteiger partial charge on any atom is 0.404 e. The summed E-state index contributed by atoms with van der Waals surface area (Å²) in [5, 5.41) is 10.1.